The molecule has 0 N–H and O–H groups in total. The molecule has 0 radical (unpaired) electrons. The second-order valence-corrected chi connectivity index (χ2v) is 6.61. The summed E-state index contributed by atoms with van der Waals surface area (Å²) < 4.78 is 16.1. The van der Waals surface area contributed by atoms with Gasteiger partial charge in [0, 0.05) is 37.8 Å². The van der Waals surface area contributed by atoms with Gasteiger partial charge in [0.25, 0.3) is 0 Å². The van der Waals surface area contributed by atoms with Crippen molar-refractivity contribution in [3.05, 3.63) is 23.8 Å². The SMILES string of the molecule is COc1ccc(C(=O)[C@H]2CCCN(C3CCOCC3)C2)c(OC)c1. The van der Waals surface area contributed by atoms with Crippen molar-refractivity contribution in [2.24, 2.45) is 5.92 Å². The van der Waals surface area contributed by atoms with E-state index in [-0.39, 0.29) is 11.7 Å². The van der Waals surface area contributed by atoms with Gasteiger partial charge < -0.3 is 14.2 Å². The fourth-order valence-electron chi connectivity index (χ4n) is 3.82. The lowest BCUT2D eigenvalue weighted by Crippen LogP contribution is -2.46. The summed E-state index contributed by atoms with van der Waals surface area (Å²) in [6, 6.07) is 6.00. The van der Waals surface area contributed by atoms with Crippen LogP contribution in [0.15, 0.2) is 18.2 Å². The molecule has 3 rings (SSSR count). The van der Waals surface area contributed by atoms with Gasteiger partial charge in [0.1, 0.15) is 11.5 Å². The third kappa shape index (κ3) is 3.73. The van der Waals surface area contributed by atoms with Crippen molar-refractivity contribution in [3.63, 3.8) is 0 Å². The number of ether oxygens (including phenoxy) is 3. The highest BCUT2D eigenvalue weighted by molar-refractivity contribution is 6.00. The van der Waals surface area contributed by atoms with Gasteiger partial charge in [0.05, 0.1) is 19.8 Å². The van der Waals surface area contributed by atoms with Crippen LogP contribution in [0.2, 0.25) is 0 Å². The van der Waals surface area contributed by atoms with Crippen molar-refractivity contribution < 1.29 is 19.0 Å². The molecule has 0 bridgehead atoms. The Labute approximate surface area is 143 Å². The Bertz CT molecular complexity index is 568. The molecule has 1 aromatic carbocycles. The molecule has 24 heavy (non-hydrogen) atoms. The van der Waals surface area contributed by atoms with E-state index in [1.807, 2.05) is 12.1 Å². The van der Waals surface area contributed by atoms with Crippen molar-refractivity contribution in [2.45, 2.75) is 31.7 Å². The fourth-order valence-corrected chi connectivity index (χ4v) is 3.82. The Morgan fingerprint density at radius 1 is 1.17 bits per heavy atom. The molecule has 132 valence electrons. The van der Waals surface area contributed by atoms with E-state index in [0.717, 1.165) is 52.0 Å². The topological polar surface area (TPSA) is 48.0 Å². The number of carbonyl (C=O) groups excluding carboxylic acids is 1. The van der Waals surface area contributed by atoms with Crippen molar-refractivity contribution in [3.8, 4) is 11.5 Å². The first-order chi connectivity index (χ1) is 11.7. The molecule has 0 unspecified atom stereocenters. The number of methoxy groups -OCH3 is 2. The van der Waals surface area contributed by atoms with Gasteiger partial charge in [-0.3, -0.25) is 9.69 Å². The van der Waals surface area contributed by atoms with Gasteiger partial charge in [-0.2, -0.15) is 0 Å². The molecular weight excluding hydrogens is 306 g/mol. The number of Topliss-reactive ketones (excluding diaryl/α,β-unsaturated/α-hetero) is 1. The van der Waals surface area contributed by atoms with E-state index in [9.17, 15) is 4.79 Å². The average molecular weight is 333 g/mol. The molecule has 0 spiro atoms. The smallest absolute Gasteiger partial charge is 0.170 e. The Hall–Kier alpha value is -1.59. The third-order valence-electron chi connectivity index (χ3n) is 5.20. The molecule has 1 aromatic rings. The zero-order valence-electron chi connectivity index (χ0n) is 14.6. The van der Waals surface area contributed by atoms with Crippen LogP contribution in [-0.4, -0.2) is 57.2 Å². The Kier molecular flexibility index (Phi) is 5.74. The molecule has 0 amide bonds. The van der Waals surface area contributed by atoms with E-state index >= 15 is 0 Å². The number of carbonyl (C=O) groups is 1. The molecular formula is C19H27NO4. The molecule has 5 heteroatoms. The molecule has 0 saturated carbocycles. The monoisotopic (exact) mass is 333 g/mol. The highest BCUT2D eigenvalue weighted by Gasteiger charge is 2.32. The van der Waals surface area contributed by atoms with Crippen LogP contribution >= 0.6 is 0 Å². The van der Waals surface area contributed by atoms with Gasteiger partial charge in [0.2, 0.25) is 0 Å². The average Bonchev–Trinajstić information content (AvgIpc) is 2.67. The molecule has 1 atom stereocenters. The lowest BCUT2D eigenvalue weighted by molar-refractivity contribution is 0.0183. The van der Waals surface area contributed by atoms with Crippen LogP contribution in [0.1, 0.15) is 36.0 Å². The largest absolute Gasteiger partial charge is 0.497 e. The number of benzene rings is 1. The summed E-state index contributed by atoms with van der Waals surface area (Å²) >= 11 is 0. The minimum absolute atomic E-state index is 0.0453. The molecule has 0 aliphatic carbocycles. The van der Waals surface area contributed by atoms with Crippen LogP contribution in [0.25, 0.3) is 0 Å². The van der Waals surface area contributed by atoms with Gasteiger partial charge in [-0.15, -0.1) is 0 Å². The standard InChI is InChI=1S/C19H27NO4/c1-22-16-5-6-17(18(12-16)23-2)19(21)14-4-3-9-20(13-14)15-7-10-24-11-8-15/h5-6,12,14-15H,3-4,7-11,13H2,1-2H3/t14-/m0/s1. The third-order valence-corrected chi connectivity index (χ3v) is 5.20. The predicted octanol–water partition coefficient (Wildman–Crippen LogP) is 2.78. The van der Waals surface area contributed by atoms with Gasteiger partial charge in [-0.25, -0.2) is 0 Å². The summed E-state index contributed by atoms with van der Waals surface area (Å²) in [5, 5.41) is 0. The minimum atomic E-state index is 0.0453. The van der Waals surface area contributed by atoms with Gasteiger partial charge in [-0.05, 0) is 44.4 Å². The normalized spacial score (nSPS) is 23.0. The van der Waals surface area contributed by atoms with Crippen LogP contribution in [0.5, 0.6) is 11.5 Å². The molecule has 2 aliphatic rings. The highest BCUT2D eigenvalue weighted by atomic mass is 16.5. The number of hydrogen-bond acceptors (Lipinski definition) is 5. The Morgan fingerprint density at radius 2 is 1.96 bits per heavy atom. The van der Waals surface area contributed by atoms with Crippen LogP contribution in [0.3, 0.4) is 0 Å². The second-order valence-electron chi connectivity index (χ2n) is 6.61. The number of nitrogens with zero attached hydrogens (tertiary/aromatic N) is 1. The van der Waals surface area contributed by atoms with E-state index in [0.29, 0.717) is 23.1 Å². The maximum absolute atomic E-state index is 13.0. The number of likely N-dealkylation sites (tertiary alicyclic amines) is 1. The molecule has 2 fully saturated rings. The van der Waals surface area contributed by atoms with E-state index < -0.39 is 0 Å². The molecule has 2 saturated heterocycles. The predicted molar refractivity (Wildman–Crippen MR) is 92.0 cm³/mol. The lowest BCUT2D eigenvalue weighted by Gasteiger charge is -2.39. The zero-order chi connectivity index (χ0) is 16.9. The molecule has 5 nitrogen and oxygen atoms in total. The van der Waals surface area contributed by atoms with Crippen molar-refractivity contribution in [1.82, 2.24) is 4.90 Å². The summed E-state index contributed by atoms with van der Waals surface area (Å²) in [5.41, 5.74) is 0.664. The van der Waals surface area contributed by atoms with Crippen molar-refractivity contribution in [1.29, 1.82) is 0 Å². The van der Waals surface area contributed by atoms with Crippen LogP contribution in [0.4, 0.5) is 0 Å². The van der Waals surface area contributed by atoms with Gasteiger partial charge in [0.15, 0.2) is 5.78 Å². The summed E-state index contributed by atoms with van der Waals surface area (Å²) in [7, 11) is 3.21. The van der Waals surface area contributed by atoms with Crippen molar-refractivity contribution >= 4 is 5.78 Å². The first-order valence-electron chi connectivity index (χ1n) is 8.81. The fraction of sp³-hybridized carbons (Fsp3) is 0.632. The van der Waals surface area contributed by atoms with Crippen LogP contribution in [-0.2, 0) is 4.74 Å². The second kappa shape index (κ2) is 7.99. The molecule has 2 heterocycles. The quantitative estimate of drug-likeness (QED) is 0.776. The Morgan fingerprint density at radius 3 is 2.67 bits per heavy atom. The number of ketones is 1. The summed E-state index contributed by atoms with van der Waals surface area (Å²) in [6.45, 7) is 3.62. The molecule has 2 aliphatic heterocycles. The maximum atomic E-state index is 13.0. The minimum Gasteiger partial charge on any atom is -0.497 e. The summed E-state index contributed by atoms with van der Waals surface area (Å²) in [5.74, 6) is 1.54. The Balaban J connectivity index is 1.72. The highest BCUT2D eigenvalue weighted by Crippen LogP contribution is 2.30. The van der Waals surface area contributed by atoms with Gasteiger partial charge >= 0.3 is 0 Å². The first kappa shape index (κ1) is 17.2. The summed E-state index contributed by atoms with van der Waals surface area (Å²) in [6.07, 6.45) is 4.18. The number of hydrogen-bond donors (Lipinski definition) is 0. The van der Waals surface area contributed by atoms with Crippen molar-refractivity contribution in [2.75, 3.05) is 40.5 Å². The molecule has 0 aromatic heterocycles. The van der Waals surface area contributed by atoms with E-state index in [4.69, 9.17) is 14.2 Å². The van der Waals surface area contributed by atoms with E-state index in [1.54, 1.807) is 20.3 Å². The van der Waals surface area contributed by atoms with Crippen LogP contribution < -0.4 is 9.47 Å². The van der Waals surface area contributed by atoms with Crippen LogP contribution in [0, 0.1) is 5.92 Å². The zero-order valence-corrected chi connectivity index (χ0v) is 14.6. The number of piperidine rings is 1. The van der Waals surface area contributed by atoms with Gasteiger partial charge in [-0.1, -0.05) is 0 Å². The lowest BCUT2D eigenvalue weighted by atomic mass is 9.88. The number of rotatable bonds is 5. The van der Waals surface area contributed by atoms with E-state index in [1.165, 1.54) is 0 Å². The van der Waals surface area contributed by atoms with E-state index in [2.05, 4.69) is 4.90 Å². The summed E-state index contributed by atoms with van der Waals surface area (Å²) in [4.78, 5) is 15.5. The maximum Gasteiger partial charge on any atom is 0.170 e. The first-order valence-corrected chi connectivity index (χ1v) is 8.81.